The van der Waals surface area contributed by atoms with E-state index in [2.05, 4.69) is 20.6 Å². The van der Waals surface area contributed by atoms with Gasteiger partial charge in [-0.15, -0.1) is 0 Å². The number of aromatic nitrogens is 3. The van der Waals surface area contributed by atoms with E-state index in [-0.39, 0.29) is 23.1 Å². The number of amides is 2. The Hall–Kier alpha value is -4.82. The van der Waals surface area contributed by atoms with Crippen LogP contribution in [0.5, 0.6) is 11.5 Å². The van der Waals surface area contributed by atoms with Gasteiger partial charge >= 0.3 is 0 Å². The average molecular weight is 608 g/mol. The summed E-state index contributed by atoms with van der Waals surface area (Å²) in [6, 6.07) is 7.40. The van der Waals surface area contributed by atoms with Crippen LogP contribution >= 0.6 is 0 Å². The van der Waals surface area contributed by atoms with Crippen molar-refractivity contribution >= 4 is 29.0 Å². The fourth-order valence-corrected chi connectivity index (χ4v) is 5.60. The van der Waals surface area contributed by atoms with Crippen LogP contribution in [-0.2, 0) is 4.79 Å². The van der Waals surface area contributed by atoms with Gasteiger partial charge < -0.3 is 35.0 Å². The Labute approximate surface area is 251 Å². The van der Waals surface area contributed by atoms with E-state index >= 15 is 0 Å². The maximum absolute atomic E-state index is 14.8. The van der Waals surface area contributed by atoms with E-state index in [1.807, 2.05) is 0 Å². The lowest BCUT2D eigenvalue weighted by molar-refractivity contribution is -0.134. The number of anilines is 2. The Balaban J connectivity index is 1.17. The molecule has 2 aromatic heterocycles. The molecule has 2 saturated heterocycles. The molecule has 0 saturated carbocycles. The summed E-state index contributed by atoms with van der Waals surface area (Å²) in [5, 5.41) is 15.9. The minimum absolute atomic E-state index is 0.0108. The monoisotopic (exact) mass is 607 g/mol. The minimum Gasteiger partial charge on any atom is -0.496 e. The van der Waals surface area contributed by atoms with Gasteiger partial charge in [-0.2, -0.15) is 4.39 Å². The van der Waals surface area contributed by atoms with Crippen molar-refractivity contribution < 1.29 is 33.0 Å². The van der Waals surface area contributed by atoms with Crippen LogP contribution < -0.4 is 20.1 Å². The lowest BCUT2D eigenvalue weighted by Crippen LogP contribution is -2.54. The molecule has 6 rings (SSSR count). The second-order valence-corrected chi connectivity index (χ2v) is 10.6. The molecule has 0 spiro atoms. The normalized spacial score (nSPS) is 18.5. The number of aliphatic hydroxyl groups excluding tert-OH is 1. The highest BCUT2D eigenvalue weighted by molar-refractivity contribution is 5.98. The van der Waals surface area contributed by atoms with E-state index in [0.717, 1.165) is 0 Å². The first kappa shape index (κ1) is 29.3. The number of β-amino-alcohol motifs (C(OH)–C–C–N with tert-alkyl or cyclic N) is 1. The largest absolute Gasteiger partial charge is 0.496 e. The third kappa shape index (κ3) is 5.37. The topological polar surface area (TPSA) is 134 Å². The molecule has 14 heteroatoms. The van der Waals surface area contributed by atoms with Crippen molar-refractivity contribution in [2.75, 3.05) is 52.3 Å². The lowest BCUT2D eigenvalue weighted by Gasteiger charge is -2.36. The van der Waals surface area contributed by atoms with Crippen LogP contribution in [0.4, 0.5) is 20.3 Å². The zero-order chi connectivity index (χ0) is 31.0. The summed E-state index contributed by atoms with van der Waals surface area (Å²) in [6.45, 7) is 1.94. The number of methoxy groups -OCH3 is 2. The van der Waals surface area contributed by atoms with Crippen LogP contribution in [0.1, 0.15) is 16.8 Å². The number of nitrogens with zero attached hydrogens (tertiary/aromatic N) is 5. The van der Waals surface area contributed by atoms with Gasteiger partial charge in [0.25, 0.3) is 5.91 Å². The van der Waals surface area contributed by atoms with Crippen LogP contribution in [0.25, 0.3) is 16.9 Å². The average Bonchev–Trinajstić information content (AvgIpc) is 3.68. The number of carbonyl (C=O) groups is 2. The van der Waals surface area contributed by atoms with Gasteiger partial charge in [0.05, 0.1) is 43.8 Å². The van der Waals surface area contributed by atoms with Gasteiger partial charge in [-0.1, -0.05) is 0 Å². The smallest absolute Gasteiger partial charge is 0.257 e. The first-order valence-electron chi connectivity index (χ1n) is 14.1. The molecule has 2 aromatic carbocycles. The van der Waals surface area contributed by atoms with Gasteiger partial charge in [0.1, 0.15) is 5.75 Å². The van der Waals surface area contributed by atoms with Crippen molar-refractivity contribution in [3.8, 4) is 22.8 Å². The number of fused-ring (bicyclic) bond motifs is 1. The molecule has 4 aromatic rings. The molecule has 3 N–H and O–H groups in total. The fourth-order valence-electron chi connectivity index (χ4n) is 5.60. The van der Waals surface area contributed by atoms with Gasteiger partial charge in [0.2, 0.25) is 11.7 Å². The van der Waals surface area contributed by atoms with E-state index < -0.39 is 23.8 Å². The number of imidazole rings is 1. The summed E-state index contributed by atoms with van der Waals surface area (Å²) >= 11 is 0. The highest BCUT2D eigenvalue weighted by Gasteiger charge is 2.34. The van der Waals surface area contributed by atoms with E-state index in [0.29, 0.717) is 73.3 Å². The molecular formula is C30H31F2N7O5. The molecule has 12 nitrogen and oxygen atoms in total. The molecular weight excluding hydrogens is 576 g/mol. The number of benzene rings is 2. The highest BCUT2D eigenvalue weighted by atomic mass is 19.2. The Morgan fingerprint density at radius 3 is 2.45 bits per heavy atom. The lowest BCUT2D eigenvalue weighted by atomic mass is 10.1. The molecule has 230 valence electrons. The third-order valence-electron chi connectivity index (χ3n) is 7.95. The number of ether oxygens (including phenoxy) is 2. The van der Waals surface area contributed by atoms with Gasteiger partial charge in [-0.25, -0.2) is 14.4 Å². The number of hydrogen-bond acceptors (Lipinski definition) is 9. The Kier molecular flexibility index (Phi) is 8.01. The predicted molar refractivity (Wildman–Crippen MR) is 156 cm³/mol. The molecule has 0 radical (unpaired) electrons. The van der Waals surface area contributed by atoms with Crippen molar-refractivity contribution in [3.05, 3.63) is 66.1 Å². The summed E-state index contributed by atoms with van der Waals surface area (Å²) < 4.78 is 41.2. The number of halogens is 2. The molecule has 2 amide bonds. The second kappa shape index (κ2) is 12.1. The summed E-state index contributed by atoms with van der Waals surface area (Å²) in [5.74, 6) is -1.94. The van der Waals surface area contributed by atoms with E-state index in [4.69, 9.17) is 9.47 Å². The first-order chi connectivity index (χ1) is 21.3. The van der Waals surface area contributed by atoms with Crippen molar-refractivity contribution in [1.29, 1.82) is 0 Å². The Morgan fingerprint density at radius 2 is 1.75 bits per heavy atom. The van der Waals surface area contributed by atoms with Crippen LogP contribution in [-0.4, -0.2) is 100 Å². The molecule has 2 fully saturated rings. The Bertz CT molecular complexity index is 1720. The second-order valence-electron chi connectivity index (χ2n) is 10.6. The number of rotatable bonds is 7. The van der Waals surface area contributed by atoms with Gasteiger partial charge in [-0.05, 0) is 30.7 Å². The number of hydrogen-bond donors (Lipinski definition) is 3. The van der Waals surface area contributed by atoms with Crippen molar-refractivity contribution in [1.82, 2.24) is 29.5 Å². The minimum atomic E-state index is -1.09. The van der Waals surface area contributed by atoms with Gasteiger partial charge in [0, 0.05) is 62.4 Å². The predicted octanol–water partition coefficient (Wildman–Crippen LogP) is 2.44. The number of carbonyl (C=O) groups excluding carboxylic acids is 2. The first-order valence-corrected chi connectivity index (χ1v) is 14.1. The van der Waals surface area contributed by atoms with E-state index in [9.17, 15) is 23.5 Å². The quantitative estimate of drug-likeness (QED) is 0.290. The summed E-state index contributed by atoms with van der Waals surface area (Å²) in [5.41, 5.74) is 1.63. The SMILES string of the molecule is COc1cc(Nc2nccn3c(-c4ccc(OC)c(F)c4F)cnc23)ccc1C(=O)N1CCN(C(=O)[C@@H]2C[C@@H](O)CN2)CC1. The molecule has 0 bridgehead atoms. The molecule has 0 aliphatic carbocycles. The molecule has 2 aliphatic rings. The molecule has 2 atom stereocenters. The summed E-state index contributed by atoms with van der Waals surface area (Å²) in [6.07, 6.45) is 4.39. The Morgan fingerprint density at radius 1 is 1.00 bits per heavy atom. The maximum atomic E-state index is 14.8. The summed E-state index contributed by atoms with van der Waals surface area (Å²) in [4.78, 5) is 38.3. The number of aliphatic hydroxyl groups is 1. The van der Waals surface area contributed by atoms with Crippen molar-refractivity contribution in [3.63, 3.8) is 0 Å². The standard InChI is InChI=1S/C30H31F2N7O5/c1-43-23-6-5-19(25(31)26(23)32)22-16-35-28-27(33-7-8-39(22)28)36-17-3-4-20(24(13-17)44-2)29(41)37-9-11-38(12-10-37)30(42)21-14-18(40)15-34-21/h3-8,13,16,18,21,34,40H,9-12,14-15H2,1-2H3,(H,33,36)/t18-,21+/m1/s1. The zero-order valence-electron chi connectivity index (χ0n) is 24.1. The van der Waals surface area contributed by atoms with E-state index in [1.54, 1.807) is 38.6 Å². The number of nitrogens with one attached hydrogen (secondary N) is 2. The van der Waals surface area contributed by atoms with Gasteiger partial charge in [0.15, 0.2) is 23.0 Å². The zero-order valence-corrected chi connectivity index (χ0v) is 24.1. The van der Waals surface area contributed by atoms with Crippen LogP contribution in [0.15, 0.2) is 48.9 Å². The third-order valence-corrected chi connectivity index (χ3v) is 7.95. The highest BCUT2D eigenvalue weighted by Crippen LogP contribution is 2.32. The van der Waals surface area contributed by atoms with Crippen LogP contribution in [0.3, 0.4) is 0 Å². The molecule has 0 unspecified atom stereocenters. The molecule has 2 aliphatic heterocycles. The molecule has 4 heterocycles. The molecule has 44 heavy (non-hydrogen) atoms. The van der Waals surface area contributed by atoms with Crippen LogP contribution in [0.2, 0.25) is 0 Å². The number of piperazine rings is 1. The fraction of sp³-hybridized carbons (Fsp3) is 0.333. The summed E-state index contributed by atoms with van der Waals surface area (Å²) in [7, 11) is 2.73. The van der Waals surface area contributed by atoms with Crippen molar-refractivity contribution in [2.45, 2.75) is 18.6 Å². The maximum Gasteiger partial charge on any atom is 0.257 e. The van der Waals surface area contributed by atoms with Gasteiger partial charge in [-0.3, -0.25) is 14.0 Å². The van der Waals surface area contributed by atoms with Crippen LogP contribution in [0, 0.1) is 11.6 Å². The van der Waals surface area contributed by atoms with Crippen molar-refractivity contribution in [2.24, 2.45) is 0 Å². The van der Waals surface area contributed by atoms with E-state index in [1.165, 1.54) is 38.7 Å².